The fourth-order valence-electron chi connectivity index (χ4n) is 1.66. The van der Waals surface area contributed by atoms with Gasteiger partial charge < -0.3 is 3.07 Å². The van der Waals surface area contributed by atoms with Crippen LogP contribution in [0.3, 0.4) is 0 Å². The summed E-state index contributed by atoms with van der Waals surface area (Å²) in [4.78, 5) is 0. The molecule has 14 heavy (non-hydrogen) atoms. The molecule has 2 aromatic carbocycles. The summed E-state index contributed by atoms with van der Waals surface area (Å²) < 4.78 is 5.06. The molecule has 72 valence electrons. The molecule has 0 bridgehead atoms. The van der Waals surface area contributed by atoms with Crippen molar-refractivity contribution in [2.75, 3.05) is 6.61 Å². The molecule has 0 aliphatic carbocycles. The highest BCUT2D eigenvalue weighted by Crippen LogP contribution is 2.18. The molecule has 0 aliphatic rings. The smallest absolute Gasteiger partial charge is 0.109 e. The molecule has 2 heteroatoms. The van der Waals surface area contributed by atoms with Crippen LogP contribution in [0.4, 0.5) is 0 Å². The molecule has 0 spiro atoms. The highest BCUT2D eigenvalue weighted by molar-refractivity contribution is 14.1. The van der Waals surface area contributed by atoms with Crippen molar-refractivity contribution in [3.05, 3.63) is 48.0 Å². The van der Waals surface area contributed by atoms with E-state index in [2.05, 4.69) is 42.5 Å². The molecule has 0 saturated carbocycles. The molecule has 0 aliphatic heterocycles. The molecule has 0 N–H and O–H groups in total. The Morgan fingerprint density at radius 3 is 2.64 bits per heavy atom. The number of benzene rings is 2. The van der Waals surface area contributed by atoms with E-state index in [0.29, 0.717) is 0 Å². The third-order valence-electron chi connectivity index (χ3n) is 2.33. The zero-order valence-corrected chi connectivity index (χ0v) is 9.90. The van der Waals surface area contributed by atoms with Crippen molar-refractivity contribution in [3.63, 3.8) is 0 Å². The summed E-state index contributed by atoms with van der Waals surface area (Å²) in [6.07, 6.45) is 0.976. The lowest BCUT2D eigenvalue weighted by atomic mass is 10.0. The summed E-state index contributed by atoms with van der Waals surface area (Å²) in [5.41, 5.74) is 1.36. The summed E-state index contributed by atoms with van der Waals surface area (Å²) in [5, 5.41) is 2.64. The number of hydrogen-bond acceptors (Lipinski definition) is 1. The first kappa shape index (κ1) is 9.93. The van der Waals surface area contributed by atoms with E-state index < -0.39 is 0 Å². The lowest BCUT2D eigenvalue weighted by Crippen LogP contribution is -1.92. The zero-order valence-electron chi connectivity index (χ0n) is 7.74. The fraction of sp³-hybridized carbons (Fsp3) is 0.167. The molecule has 2 aromatic rings. The van der Waals surface area contributed by atoms with E-state index in [1.807, 2.05) is 23.0 Å². The quantitative estimate of drug-likeness (QED) is 0.784. The minimum absolute atomic E-state index is 0.772. The second-order valence-corrected chi connectivity index (χ2v) is 3.82. The van der Waals surface area contributed by atoms with Gasteiger partial charge in [-0.1, -0.05) is 42.5 Å². The summed E-state index contributed by atoms with van der Waals surface area (Å²) >= 11 is 1.94. The van der Waals surface area contributed by atoms with Gasteiger partial charge in [0.05, 0.1) is 6.61 Å². The summed E-state index contributed by atoms with van der Waals surface area (Å²) in [5.74, 6) is 0. The maximum Gasteiger partial charge on any atom is 0.109 e. The largest absolute Gasteiger partial charge is 0.315 e. The van der Waals surface area contributed by atoms with Crippen LogP contribution in [0.2, 0.25) is 0 Å². The summed E-state index contributed by atoms with van der Waals surface area (Å²) in [6, 6.07) is 14.9. The Kier molecular flexibility index (Phi) is 3.37. The van der Waals surface area contributed by atoms with E-state index >= 15 is 0 Å². The van der Waals surface area contributed by atoms with Crippen LogP contribution in [0.1, 0.15) is 5.56 Å². The molecule has 0 fully saturated rings. The average molecular weight is 298 g/mol. The molecule has 2 rings (SSSR count). The molecule has 1 nitrogen and oxygen atoms in total. The molecule has 0 atom stereocenters. The van der Waals surface area contributed by atoms with Gasteiger partial charge in [-0.25, -0.2) is 0 Å². The highest BCUT2D eigenvalue weighted by atomic mass is 127. The molecule has 0 amide bonds. The Balaban J connectivity index is 2.43. The Labute approximate surface area is 97.8 Å². The minimum Gasteiger partial charge on any atom is -0.315 e. The van der Waals surface area contributed by atoms with Crippen LogP contribution in [0.15, 0.2) is 42.5 Å². The second kappa shape index (κ2) is 4.75. The first-order chi connectivity index (χ1) is 6.92. The predicted octanol–water partition coefficient (Wildman–Crippen LogP) is 3.75. The van der Waals surface area contributed by atoms with Crippen LogP contribution in [0.5, 0.6) is 0 Å². The first-order valence-corrected chi connectivity index (χ1v) is 5.50. The van der Waals surface area contributed by atoms with E-state index in [0.717, 1.165) is 13.0 Å². The van der Waals surface area contributed by atoms with Gasteiger partial charge in [0.2, 0.25) is 0 Å². The van der Waals surface area contributed by atoms with E-state index in [1.54, 1.807) is 0 Å². The number of fused-ring (bicyclic) bond motifs is 1. The van der Waals surface area contributed by atoms with E-state index in [-0.39, 0.29) is 0 Å². The Morgan fingerprint density at radius 2 is 1.79 bits per heavy atom. The Hall–Kier alpha value is -0.610. The third kappa shape index (κ3) is 2.07. The lowest BCUT2D eigenvalue weighted by molar-refractivity contribution is 0.432. The molecule has 0 radical (unpaired) electrons. The third-order valence-corrected chi connectivity index (χ3v) is 2.77. The number of halogens is 1. The van der Waals surface area contributed by atoms with Crippen LogP contribution in [0, 0.1) is 0 Å². The molecular formula is C12H11IO. The lowest BCUT2D eigenvalue weighted by Gasteiger charge is -2.04. The first-order valence-electron chi connectivity index (χ1n) is 4.62. The van der Waals surface area contributed by atoms with Crippen LogP contribution in [-0.2, 0) is 9.49 Å². The van der Waals surface area contributed by atoms with Gasteiger partial charge in [0.25, 0.3) is 0 Å². The number of hydrogen-bond donors (Lipinski definition) is 0. The van der Waals surface area contributed by atoms with E-state index in [4.69, 9.17) is 3.07 Å². The van der Waals surface area contributed by atoms with Crippen LogP contribution < -0.4 is 0 Å². The topological polar surface area (TPSA) is 9.23 Å². The molecule has 0 heterocycles. The van der Waals surface area contributed by atoms with Gasteiger partial charge >= 0.3 is 0 Å². The van der Waals surface area contributed by atoms with Gasteiger partial charge in [-0.15, -0.1) is 0 Å². The van der Waals surface area contributed by atoms with Crippen molar-refractivity contribution in [1.82, 2.24) is 0 Å². The van der Waals surface area contributed by atoms with Gasteiger partial charge in [-0.05, 0) is 22.8 Å². The standard InChI is InChI=1S/C12H11IO/c13-14-9-8-11-6-3-5-10-4-1-2-7-12(10)11/h1-7H,8-9H2. The highest BCUT2D eigenvalue weighted by Gasteiger charge is 1.98. The van der Waals surface area contributed by atoms with Gasteiger partial charge in [0, 0.05) is 0 Å². The SMILES string of the molecule is IOCCc1cccc2ccccc12. The predicted molar refractivity (Wildman–Crippen MR) is 67.6 cm³/mol. The molecule has 0 saturated heterocycles. The molecule has 0 aromatic heterocycles. The van der Waals surface area contributed by atoms with E-state index in [1.165, 1.54) is 16.3 Å². The van der Waals surface area contributed by atoms with E-state index in [9.17, 15) is 0 Å². The molecular weight excluding hydrogens is 287 g/mol. The summed E-state index contributed by atoms with van der Waals surface area (Å²) in [6.45, 7) is 0.772. The fourth-order valence-corrected chi connectivity index (χ4v) is 1.88. The van der Waals surface area contributed by atoms with Crippen molar-refractivity contribution in [3.8, 4) is 0 Å². The zero-order chi connectivity index (χ0) is 9.80. The van der Waals surface area contributed by atoms with Crippen molar-refractivity contribution in [2.45, 2.75) is 6.42 Å². The Morgan fingerprint density at radius 1 is 1.00 bits per heavy atom. The van der Waals surface area contributed by atoms with Gasteiger partial charge in [0.15, 0.2) is 0 Å². The number of rotatable bonds is 3. The second-order valence-electron chi connectivity index (χ2n) is 3.20. The van der Waals surface area contributed by atoms with Gasteiger partial charge in [-0.3, -0.25) is 0 Å². The molecule has 0 unspecified atom stereocenters. The van der Waals surface area contributed by atoms with Crippen LogP contribution in [-0.4, -0.2) is 6.61 Å². The monoisotopic (exact) mass is 298 g/mol. The summed E-state index contributed by atoms with van der Waals surface area (Å²) in [7, 11) is 0. The normalized spacial score (nSPS) is 10.6. The van der Waals surface area contributed by atoms with Crippen molar-refractivity contribution < 1.29 is 3.07 Å². The Bertz CT molecular complexity index is 420. The van der Waals surface area contributed by atoms with Crippen molar-refractivity contribution in [1.29, 1.82) is 0 Å². The average Bonchev–Trinajstić information content (AvgIpc) is 2.26. The van der Waals surface area contributed by atoms with Crippen LogP contribution in [0.25, 0.3) is 10.8 Å². The van der Waals surface area contributed by atoms with Crippen molar-refractivity contribution in [2.24, 2.45) is 0 Å². The van der Waals surface area contributed by atoms with Crippen molar-refractivity contribution >= 4 is 33.8 Å². The maximum atomic E-state index is 5.06. The maximum absolute atomic E-state index is 5.06. The van der Waals surface area contributed by atoms with Gasteiger partial charge in [-0.2, -0.15) is 0 Å². The van der Waals surface area contributed by atoms with Gasteiger partial charge in [0.1, 0.15) is 23.0 Å². The minimum atomic E-state index is 0.772. The van der Waals surface area contributed by atoms with Crippen LogP contribution >= 0.6 is 23.0 Å².